The Bertz CT molecular complexity index is 875. The number of nitrogens with one attached hydrogen (secondary N) is 2. The number of nitrogens with two attached hydrogens (primary N) is 1. The van der Waals surface area contributed by atoms with Crippen molar-refractivity contribution in [2.45, 2.75) is 24.2 Å². The fraction of sp³-hybridized carbons (Fsp3) is 0.333. The number of primary sulfonamides is 1. The first-order valence-corrected chi connectivity index (χ1v) is 10.1. The number of nitrogens with zero attached hydrogens (tertiary/aromatic N) is 2. The summed E-state index contributed by atoms with van der Waals surface area (Å²) < 4.78 is 29.9. The van der Waals surface area contributed by atoms with Crippen molar-refractivity contribution >= 4 is 43.4 Å². The van der Waals surface area contributed by atoms with Gasteiger partial charge in [0.05, 0.1) is 11.1 Å². The van der Waals surface area contributed by atoms with Gasteiger partial charge in [-0.2, -0.15) is 4.98 Å². The maximum atomic E-state index is 11.7. The van der Waals surface area contributed by atoms with Gasteiger partial charge in [0.15, 0.2) is 0 Å². The summed E-state index contributed by atoms with van der Waals surface area (Å²) in [7, 11) is -3.87. The molecule has 0 amide bonds. The Labute approximate surface area is 154 Å². The molecule has 0 unspecified atom stereocenters. The van der Waals surface area contributed by atoms with Crippen molar-refractivity contribution in [3.8, 4) is 5.75 Å². The van der Waals surface area contributed by atoms with Gasteiger partial charge in [-0.15, -0.1) is 0 Å². The van der Waals surface area contributed by atoms with Crippen molar-refractivity contribution in [1.82, 2.24) is 9.97 Å². The van der Waals surface area contributed by atoms with Crippen LogP contribution in [-0.4, -0.2) is 31.5 Å². The SMILES string of the molecule is NS(=O)(=O)c1ccc2cc1OCCCCCNc1nc(ncc1Br)N2. The maximum absolute atomic E-state index is 11.7. The average molecular weight is 428 g/mol. The highest BCUT2D eigenvalue weighted by Gasteiger charge is 2.17. The number of halogens is 1. The molecule has 4 N–H and O–H groups in total. The third kappa shape index (κ3) is 4.59. The highest BCUT2D eigenvalue weighted by atomic mass is 79.9. The molecule has 2 aromatic rings. The first-order valence-electron chi connectivity index (χ1n) is 7.76. The van der Waals surface area contributed by atoms with Crippen molar-refractivity contribution < 1.29 is 13.2 Å². The third-order valence-corrected chi connectivity index (χ3v) is 5.15. The zero-order chi connectivity index (χ0) is 17.9. The van der Waals surface area contributed by atoms with Crippen molar-refractivity contribution in [3.63, 3.8) is 0 Å². The molecule has 0 fully saturated rings. The van der Waals surface area contributed by atoms with Crippen LogP contribution in [0.1, 0.15) is 19.3 Å². The Morgan fingerprint density at radius 3 is 2.88 bits per heavy atom. The van der Waals surface area contributed by atoms with E-state index in [9.17, 15) is 8.42 Å². The highest BCUT2D eigenvalue weighted by Crippen LogP contribution is 2.29. The molecular formula is C15H18BrN5O3S. The van der Waals surface area contributed by atoms with Crippen molar-refractivity contribution in [1.29, 1.82) is 0 Å². The Balaban J connectivity index is 1.99. The van der Waals surface area contributed by atoms with Gasteiger partial charge in [-0.3, -0.25) is 0 Å². The Kier molecular flexibility index (Phi) is 5.40. The molecule has 0 radical (unpaired) electrons. The molecule has 1 aromatic heterocycles. The van der Waals surface area contributed by atoms with Crippen LogP contribution in [-0.2, 0) is 10.0 Å². The second kappa shape index (κ2) is 7.54. The number of sulfonamides is 1. The van der Waals surface area contributed by atoms with Crippen LogP contribution < -0.4 is 20.5 Å². The molecule has 0 aliphatic carbocycles. The van der Waals surface area contributed by atoms with Crippen LogP contribution in [0.3, 0.4) is 0 Å². The number of hydrogen-bond acceptors (Lipinski definition) is 7. The predicted molar refractivity (Wildman–Crippen MR) is 98.7 cm³/mol. The second-order valence-electron chi connectivity index (χ2n) is 5.56. The van der Waals surface area contributed by atoms with E-state index in [1.165, 1.54) is 6.07 Å². The van der Waals surface area contributed by atoms with E-state index in [0.29, 0.717) is 24.1 Å². The first-order chi connectivity index (χ1) is 11.9. The molecule has 2 heterocycles. The van der Waals surface area contributed by atoms with Gasteiger partial charge in [0.2, 0.25) is 16.0 Å². The topological polar surface area (TPSA) is 119 Å². The van der Waals surface area contributed by atoms with Gasteiger partial charge in [0, 0.05) is 24.5 Å². The van der Waals surface area contributed by atoms with E-state index in [1.54, 1.807) is 18.3 Å². The van der Waals surface area contributed by atoms with Crippen molar-refractivity contribution in [3.05, 3.63) is 28.9 Å². The minimum absolute atomic E-state index is 0.0378. The van der Waals surface area contributed by atoms with Gasteiger partial charge in [-0.05, 0) is 47.3 Å². The molecule has 1 aliphatic heterocycles. The molecule has 3 rings (SSSR count). The number of aromatic nitrogens is 2. The van der Waals surface area contributed by atoms with E-state index in [4.69, 9.17) is 9.88 Å². The fourth-order valence-corrected chi connectivity index (χ4v) is 3.39. The number of ether oxygens (including phenoxy) is 1. The normalized spacial score (nSPS) is 15.3. The molecule has 4 bridgehead atoms. The molecule has 134 valence electrons. The van der Waals surface area contributed by atoms with E-state index < -0.39 is 10.0 Å². The van der Waals surface area contributed by atoms with Crippen LogP contribution in [0.15, 0.2) is 33.8 Å². The summed E-state index contributed by atoms with van der Waals surface area (Å²) in [6.07, 6.45) is 4.33. The van der Waals surface area contributed by atoms with Crippen LogP contribution in [0.5, 0.6) is 5.75 Å². The molecule has 8 nitrogen and oxygen atoms in total. The van der Waals surface area contributed by atoms with Crippen LogP contribution >= 0.6 is 15.9 Å². The summed E-state index contributed by atoms with van der Waals surface area (Å²) >= 11 is 3.42. The van der Waals surface area contributed by atoms with Crippen LogP contribution in [0, 0.1) is 0 Å². The van der Waals surface area contributed by atoms with Gasteiger partial charge in [-0.1, -0.05) is 0 Å². The quantitative estimate of drug-likeness (QED) is 0.639. The molecular weight excluding hydrogens is 410 g/mol. The zero-order valence-electron chi connectivity index (χ0n) is 13.3. The Hall–Kier alpha value is -1.91. The predicted octanol–water partition coefficient (Wildman–Crippen LogP) is 2.60. The highest BCUT2D eigenvalue weighted by molar-refractivity contribution is 9.10. The maximum Gasteiger partial charge on any atom is 0.241 e. The number of hydrogen-bond donors (Lipinski definition) is 3. The summed E-state index contributed by atoms with van der Waals surface area (Å²) in [6.45, 7) is 1.18. The number of fused-ring (bicyclic) bond motifs is 4. The van der Waals surface area contributed by atoms with E-state index in [1.807, 2.05) is 0 Å². The summed E-state index contributed by atoms with van der Waals surface area (Å²) in [5.41, 5.74) is 0.604. The lowest BCUT2D eigenvalue weighted by Gasteiger charge is -2.15. The minimum atomic E-state index is -3.87. The third-order valence-electron chi connectivity index (χ3n) is 3.62. The average Bonchev–Trinajstić information content (AvgIpc) is 2.55. The van der Waals surface area contributed by atoms with Crippen LogP contribution in [0.4, 0.5) is 17.5 Å². The fourth-order valence-electron chi connectivity index (χ4n) is 2.41. The number of anilines is 3. The van der Waals surface area contributed by atoms with Crippen molar-refractivity contribution in [2.24, 2.45) is 5.14 Å². The molecule has 0 saturated heterocycles. The summed E-state index contributed by atoms with van der Waals surface area (Å²) in [4.78, 5) is 8.59. The number of benzene rings is 1. The van der Waals surface area contributed by atoms with E-state index in [-0.39, 0.29) is 10.6 Å². The summed E-state index contributed by atoms with van der Waals surface area (Å²) in [5.74, 6) is 1.31. The van der Waals surface area contributed by atoms with E-state index in [0.717, 1.165) is 30.3 Å². The lowest BCUT2D eigenvalue weighted by molar-refractivity contribution is 0.298. The molecule has 25 heavy (non-hydrogen) atoms. The molecule has 10 heteroatoms. The summed E-state index contributed by atoms with van der Waals surface area (Å²) in [6, 6.07) is 4.60. The summed E-state index contributed by atoms with van der Waals surface area (Å²) in [5, 5.41) is 11.6. The first kappa shape index (κ1) is 17.9. The Morgan fingerprint density at radius 1 is 1.24 bits per heavy atom. The van der Waals surface area contributed by atoms with Crippen LogP contribution in [0.2, 0.25) is 0 Å². The minimum Gasteiger partial charge on any atom is -0.492 e. The van der Waals surface area contributed by atoms with E-state index in [2.05, 4.69) is 36.5 Å². The molecule has 0 saturated carbocycles. The van der Waals surface area contributed by atoms with Gasteiger partial charge in [0.25, 0.3) is 0 Å². The molecule has 1 aromatic carbocycles. The van der Waals surface area contributed by atoms with Crippen molar-refractivity contribution in [2.75, 3.05) is 23.8 Å². The Morgan fingerprint density at radius 2 is 2.08 bits per heavy atom. The number of rotatable bonds is 1. The lowest BCUT2D eigenvalue weighted by atomic mass is 10.2. The zero-order valence-corrected chi connectivity index (χ0v) is 15.7. The molecule has 1 aliphatic rings. The van der Waals surface area contributed by atoms with Gasteiger partial charge >= 0.3 is 0 Å². The van der Waals surface area contributed by atoms with Gasteiger partial charge < -0.3 is 15.4 Å². The largest absolute Gasteiger partial charge is 0.492 e. The standard InChI is InChI=1S/C15H18BrN5O3S/c16-11-9-19-15-20-10-4-5-13(25(17,22)23)12(8-10)24-7-3-1-2-6-18-14(11)21-15/h4-5,8-9H,1-3,6-7H2,(H2,17,22,23)(H2,18,19,20,21). The molecule has 0 atom stereocenters. The lowest BCUT2D eigenvalue weighted by Crippen LogP contribution is -2.15. The van der Waals surface area contributed by atoms with Gasteiger partial charge in [0.1, 0.15) is 16.5 Å². The smallest absolute Gasteiger partial charge is 0.241 e. The second-order valence-corrected chi connectivity index (χ2v) is 7.94. The monoisotopic (exact) mass is 427 g/mol. The van der Waals surface area contributed by atoms with Gasteiger partial charge in [-0.25, -0.2) is 18.5 Å². The van der Waals surface area contributed by atoms with E-state index >= 15 is 0 Å². The van der Waals surface area contributed by atoms with Crippen LogP contribution in [0.25, 0.3) is 0 Å². The molecule has 0 spiro atoms.